The Hall–Kier alpha value is -1.87. The average Bonchev–Trinajstić information content (AvgIpc) is 2.97. The number of hydrogen-bond donors (Lipinski definition) is 1. The summed E-state index contributed by atoms with van der Waals surface area (Å²) in [4.78, 5) is 12.2. The van der Waals surface area contributed by atoms with Gasteiger partial charge < -0.3 is 9.88 Å². The molecule has 0 saturated heterocycles. The maximum Gasteiger partial charge on any atom is 0.234 e. The molecule has 1 heterocycles. The Morgan fingerprint density at radius 1 is 1.16 bits per heavy atom. The Balaban J connectivity index is 1.65. The second-order valence-electron chi connectivity index (χ2n) is 5.55. The van der Waals surface area contributed by atoms with Crippen molar-refractivity contribution in [2.45, 2.75) is 12.1 Å². The fourth-order valence-corrected chi connectivity index (χ4v) is 3.51. The molecule has 0 aliphatic carbocycles. The van der Waals surface area contributed by atoms with Crippen LogP contribution in [0.5, 0.6) is 0 Å². The Morgan fingerprint density at radius 3 is 2.60 bits per heavy atom. The van der Waals surface area contributed by atoms with Crippen molar-refractivity contribution in [2.24, 2.45) is 7.05 Å². The summed E-state index contributed by atoms with van der Waals surface area (Å²) in [7, 11) is 1.91. The van der Waals surface area contributed by atoms with Crippen molar-refractivity contribution in [3.05, 3.63) is 57.7 Å². The quantitative estimate of drug-likeness (QED) is 0.456. The van der Waals surface area contributed by atoms with E-state index in [1.54, 1.807) is 0 Å². The van der Waals surface area contributed by atoms with Crippen molar-refractivity contribution in [3.63, 3.8) is 0 Å². The van der Waals surface area contributed by atoms with Gasteiger partial charge in [-0.05, 0) is 41.6 Å². The van der Waals surface area contributed by atoms with E-state index in [0.29, 0.717) is 5.16 Å². The molecule has 0 bridgehead atoms. The smallest absolute Gasteiger partial charge is 0.234 e. The highest BCUT2D eigenvalue weighted by molar-refractivity contribution is 14.1. The normalized spacial score (nSPS) is 10.7. The highest BCUT2D eigenvalue weighted by Gasteiger charge is 2.13. The molecule has 0 spiro atoms. The van der Waals surface area contributed by atoms with Gasteiger partial charge in [0.2, 0.25) is 5.91 Å². The van der Waals surface area contributed by atoms with Crippen molar-refractivity contribution >= 4 is 45.9 Å². The molecule has 0 atom stereocenters. The van der Waals surface area contributed by atoms with E-state index < -0.39 is 0 Å². The summed E-state index contributed by atoms with van der Waals surface area (Å²) in [6.07, 6.45) is 0. The summed E-state index contributed by atoms with van der Waals surface area (Å²) in [5.41, 5.74) is 3.04. The standard InChI is InChI=1S/C18H17IN4OS/c1-12-7-9-13(10-8-12)17-21-22-18(23(17)2)25-11-16(24)20-15-6-4-3-5-14(15)19/h3-10H,11H2,1-2H3,(H,20,24). The van der Waals surface area contributed by atoms with Gasteiger partial charge in [0, 0.05) is 16.2 Å². The van der Waals surface area contributed by atoms with Gasteiger partial charge in [-0.2, -0.15) is 0 Å². The van der Waals surface area contributed by atoms with Crippen molar-refractivity contribution in [3.8, 4) is 11.4 Å². The molecule has 128 valence electrons. The molecule has 1 N–H and O–H groups in total. The molecular weight excluding hydrogens is 447 g/mol. The number of aromatic nitrogens is 3. The SMILES string of the molecule is Cc1ccc(-c2nnc(SCC(=O)Nc3ccccc3I)n2C)cc1. The van der Waals surface area contributed by atoms with Gasteiger partial charge in [-0.15, -0.1) is 10.2 Å². The molecule has 7 heteroatoms. The number of rotatable bonds is 5. The number of amides is 1. The van der Waals surface area contributed by atoms with Gasteiger partial charge in [0.15, 0.2) is 11.0 Å². The van der Waals surface area contributed by atoms with E-state index in [0.717, 1.165) is 20.6 Å². The molecule has 0 aliphatic heterocycles. The summed E-state index contributed by atoms with van der Waals surface area (Å²) in [6, 6.07) is 15.8. The lowest BCUT2D eigenvalue weighted by Gasteiger charge is -2.07. The van der Waals surface area contributed by atoms with E-state index in [-0.39, 0.29) is 11.7 Å². The minimum atomic E-state index is -0.0611. The van der Waals surface area contributed by atoms with Crippen LogP contribution < -0.4 is 5.32 Å². The third-order valence-corrected chi connectivity index (χ3v) is 5.59. The zero-order valence-corrected chi connectivity index (χ0v) is 16.8. The number of para-hydroxylation sites is 1. The second kappa shape index (κ2) is 8.01. The monoisotopic (exact) mass is 464 g/mol. The molecule has 1 aromatic heterocycles. The van der Waals surface area contributed by atoms with E-state index in [9.17, 15) is 4.79 Å². The molecule has 0 radical (unpaired) electrons. The zero-order valence-electron chi connectivity index (χ0n) is 13.9. The van der Waals surface area contributed by atoms with Crippen molar-refractivity contribution in [2.75, 3.05) is 11.1 Å². The Bertz CT molecular complexity index is 892. The van der Waals surface area contributed by atoms with Crippen LogP contribution in [0.2, 0.25) is 0 Å². The minimum Gasteiger partial charge on any atom is -0.324 e. The molecule has 2 aromatic carbocycles. The number of carbonyl (C=O) groups is 1. The maximum absolute atomic E-state index is 12.2. The third-order valence-electron chi connectivity index (χ3n) is 3.62. The van der Waals surface area contributed by atoms with E-state index in [1.807, 2.05) is 67.1 Å². The first-order valence-electron chi connectivity index (χ1n) is 7.68. The van der Waals surface area contributed by atoms with Crippen molar-refractivity contribution in [1.29, 1.82) is 0 Å². The Kier molecular flexibility index (Phi) is 5.74. The minimum absolute atomic E-state index is 0.0611. The van der Waals surface area contributed by atoms with E-state index in [1.165, 1.54) is 17.3 Å². The zero-order chi connectivity index (χ0) is 17.8. The summed E-state index contributed by atoms with van der Waals surface area (Å²) in [5.74, 6) is 1.01. The molecule has 0 aliphatic rings. The van der Waals surface area contributed by atoms with Gasteiger partial charge in [-0.3, -0.25) is 4.79 Å². The van der Waals surface area contributed by atoms with Crippen LogP contribution in [0.15, 0.2) is 53.7 Å². The molecule has 5 nitrogen and oxygen atoms in total. The molecule has 0 saturated carbocycles. The number of nitrogens with zero attached hydrogens (tertiary/aromatic N) is 3. The lowest BCUT2D eigenvalue weighted by atomic mass is 10.1. The van der Waals surface area contributed by atoms with Crippen LogP contribution >= 0.6 is 34.4 Å². The van der Waals surface area contributed by atoms with Gasteiger partial charge in [-0.25, -0.2) is 0 Å². The lowest BCUT2D eigenvalue weighted by molar-refractivity contribution is -0.113. The first-order chi connectivity index (χ1) is 12.0. The van der Waals surface area contributed by atoms with Crippen LogP contribution in [0.1, 0.15) is 5.56 Å². The molecule has 1 amide bonds. The molecular formula is C18H17IN4OS. The summed E-state index contributed by atoms with van der Waals surface area (Å²) in [6.45, 7) is 2.05. The number of halogens is 1. The van der Waals surface area contributed by atoms with Crippen LogP contribution in [0.3, 0.4) is 0 Å². The number of hydrogen-bond acceptors (Lipinski definition) is 4. The average molecular weight is 464 g/mol. The van der Waals surface area contributed by atoms with Crippen molar-refractivity contribution in [1.82, 2.24) is 14.8 Å². The first kappa shape index (κ1) is 17.9. The summed E-state index contributed by atoms with van der Waals surface area (Å²) >= 11 is 3.58. The predicted molar refractivity (Wildman–Crippen MR) is 110 cm³/mol. The third kappa shape index (κ3) is 4.40. The lowest BCUT2D eigenvalue weighted by Crippen LogP contribution is -2.15. The number of carbonyl (C=O) groups excluding carboxylic acids is 1. The highest BCUT2D eigenvalue weighted by Crippen LogP contribution is 2.23. The maximum atomic E-state index is 12.2. The summed E-state index contributed by atoms with van der Waals surface area (Å²) < 4.78 is 2.92. The molecule has 25 heavy (non-hydrogen) atoms. The first-order valence-corrected chi connectivity index (χ1v) is 9.74. The molecule has 3 aromatic rings. The number of benzene rings is 2. The van der Waals surface area contributed by atoms with Gasteiger partial charge in [0.25, 0.3) is 0 Å². The number of aryl methyl sites for hydroxylation is 1. The predicted octanol–water partition coefficient (Wildman–Crippen LogP) is 4.13. The fraction of sp³-hybridized carbons (Fsp3) is 0.167. The van der Waals surface area contributed by atoms with Crippen molar-refractivity contribution < 1.29 is 4.79 Å². The Labute approximate surface area is 164 Å². The van der Waals surface area contributed by atoms with E-state index >= 15 is 0 Å². The molecule has 0 unspecified atom stereocenters. The Morgan fingerprint density at radius 2 is 1.88 bits per heavy atom. The van der Waals surface area contributed by atoms with Crippen LogP contribution in [0.25, 0.3) is 11.4 Å². The topological polar surface area (TPSA) is 59.8 Å². The van der Waals surface area contributed by atoms with E-state index in [2.05, 4.69) is 38.1 Å². The number of nitrogens with one attached hydrogen (secondary N) is 1. The van der Waals surface area contributed by atoms with Crippen LogP contribution in [0.4, 0.5) is 5.69 Å². The molecule has 3 rings (SSSR count). The van der Waals surface area contributed by atoms with Crippen LogP contribution in [-0.4, -0.2) is 26.4 Å². The van der Waals surface area contributed by atoms with Gasteiger partial charge in [0.05, 0.1) is 11.4 Å². The second-order valence-corrected chi connectivity index (χ2v) is 7.65. The fourth-order valence-electron chi connectivity index (χ4n) is 2.27. The van der Waals surface area contributed by atoms with Gasteiger partial charge in [0.1, 0.15) is 0 Å². The number of anilines is 1. The van der Waals surface area contributed by atoms with Crippen LogP contribution in [0, 0.1) is 10.5 Å². The largest absolute Gasteiger partial charge is 0.324 e. The number of thioether (sulfide) groups is 1. The summed E-state index contributed by atoms with van der Waals surface area (Å²) in [5, 5.41) is 12.1. The van der Waals surface area contributed by atoms with Crippen LogP contribution in [-0.2, 0) is 11.8 Å². The van der Waals surface area contributed by atoms with E-state index in [4.69, 9.17) is 0 Å². The van der Waals surface area contributed by atoms with Gasteiger partial charge >= 0.3 is 0 Å². The highest BCUT2D eigenvalue weighted by atomic mass is 127. The van der Waals surface area contributed by atoms with Gasteiger partial charge in [-0.1, -0.05) is 53.7 Å². The molecule has 0 fully saturated rings.